The van der Waals surface area contributed by atoms with Gasteiger partial charge in [-0.15, -0.1) is 17.0 Å². The molecule has 1 rings (SSSR count). The van der Waals surface area contributed by atoms with Gasteiger partial charge in [-0.25, -0.2) is 0 Å². The van der Waals surface area contributed by atoms with E-state index in [0.717, 1.165) is 11.5 Å². The minimum Gasteiger partial charge on any atom is -0.497 e. The summed E-state index contributed by atoms with van der Waals surface area (Å²) in [6, 6.07) is 7.47. The lowest BCUT2D eigenvalue weighted by atomic mass is 10.3. The van der Waals surface area contributed by atoms with Gasteiger partial charge in [0.2, 0.25) is 0 Å². The highest BCUT2D eigenvalue weighted by atomic mass is 79.9. The molecule has 0 aliphatic heterocycles. The van der Waals surface area contributed by atoms with Crippen molar-refractivity contribution >= 4 is 17.0 Å². The van der Waals surface area contributed by atoms with E-state index in [1.807, 2.05) is 24.3 Å². The number of methoxy groups -OCH3 is 2. The van der Waals surface area contributed by atoms with Gasteiger partial charge in [0.1, 0.15) is 11.5 Å². The van der Waals surface area contributed by atoms with E-state index in [1.165, 1.54) is 0 Å². The summed E-state index contributed by atoms with van der Waals surface area (Å²) in [5.41, 5.74) is 0. The van der Waals surface area contributed by atoms with E-state index >= 15 is 0 Å². The summed E-state index contributed by atoms with van der Waals surface area (Å²) in [5, 5.41) is 0. The van der Waals surface area contributed by atoms with Gasteiger partial charge in [0.15, 0.2) is 0 Å². The number of hydrogen-bond acceptors (Lipinski definition) is 2. The van der Waals surface area contributed by atoms with Gasteiger partial charge in [-0.05, 0) is 12.1 Å². The molecule has 0 atom stereocenters. The van der Waals surface area contributed by atoms with Gasteiger partial charge in [0, 0.05) is 6.07 Å². The van der Waals surface area contributed by atoms with Crippen molar-refractivity contribution in [3.8, 4) is 11.5 Å². The number of benzene rings is 1. The zero-order chi connectivity index (χ0) is 7.40. The van der Waals surface area contributed by atoms with E-state index in [-0.39, 0.29) is 17.0 Å². The van der Waals surface area contributed by atoms with Crippen molar-refractivity contribution in [3.05, 3.63) is 24.3 Å². The molecule has 1 aromatic rings. The molecule has 0 fully saturated rings. The number of halogens is 1. The predicted molar refractivity (Wildman–Crippen MR) is 49.9 cm³/mol. The first-order chi connectivity index (χ1) is 4.86. The van der Waals surface area contributed by atoms with Gasteiger partial charge in [-0.2, -0.15) is 0 Å². The third-order valence-electron chi connectivity index (χ3n) is 1.28. The van der Waals surface area contributed by atoms with Crippen molar-refractivity contribution in [2.45, 2.75) is 0 Å². The maximum atomic E-state index is 4.98. The van der Waals surface area contributed by atoms with Crippen LogP contribution in [-0.2, 0) is 0 Å². The molecule has 0 bridgehead atoms. The van der Waals surface area contributed by atoms with Crippen LogP contribution < -0.4 is 9.47 Å². The van der Waals surface area contributed by atoms with Crippen LogP contribution in [0, 0.1) is 0 Å². The monoisotopic (exact) mass is 218 g/mol. The van der Waals surface area contributed by atoms with Gasteiger partial charge in [-0.3, -0.25) is 0 Å². The van der Waals surface area contributed by atoms with Crippen LogP contribution in [0.2, 0.25) is 0 Å². The van der Waals surface area contributed by atoms with Crippen LogP contribution in [0.1, 0.15) is 0 Å². The summed E-state index contributed by atoms with van der Waals surface area (Å²) >= 11 is 0. The summed E-state index contributed by atoms with van der Waals surface area (Å²) in [5.74, 6) is 1.64. The Morgan fingerprint density at radius 2 is 1.45 bits per heavy atom. The van der Waals surface area contributed by atoms with Crippen molar-refractivity contribution < 1.29 is 9.47 Å². The van der Waals surface area contributed by atoms with Crippen molar-refractivity contribution in [2.75, 3.05) is 14.2 Å². The predicted octanol–water partition coefficient (Wildman–Crippen LogP) is 2.28. The van der Waals surface area contributed by atoms with Gasteiger partial charge in [-0.1, -0.05) is 6.07 Å². The molecule has 0 radical (unpaired) electrons. The van der Waals surface area contributed by atoms with Crippen molar-refractivity contribution in [2.24, 2.45) is 0 Å². The Hall–Kier alpha value is -0.700. The second kappa shape index (κ2) is 5.02. The molecule has 0 amide bonds. The molecular formula is C8H11BrO2. The Morgan fingerprint density at radius 1 is 1.00 bits per heavy atom. The number of ether oxygens (including phenoxy) is 2. The molecule has 1 aromatic carbocycles. The molecule has 3 heteroatoms. The molecule has 0 saturated heterocycles. The molecule has 0 unspecified atom stereocenters. The summed E-state index contributed by atoms with van der Waals surface area (Å²) in [7, 11) is 3.27. The van der Waals surface area contributed by atoms with Crippen LogP contribution in [-0.4, -0.2) is 14.2 Å². The Morgan fingerprint density at radius 3 is 1.82 bits per heavy atom. The molecule has 0 aromatic heterocycles. The van der Waals surface area contributed by atoms with E-state index in [4.69, 9.17) is 9.47 Å². The summed E-state index contributed by atoms with van der Waals surface area (Å²) < 4.78 is 9.95. The van der Waals surface area contributed by atoms with Gasteiger partial charge < -0.3 is 9.47 Å². The highest BCUT2D eigenvalue weighted by molar-refractivity contribution is 8.93. The lowest BCUT2D eigenvalue weighted by molar-refractivity contribution is 0.394. The minimum absolute atomic E-state index is 0. The Balaban J connectivity index is 0.000001000. The normalized spacial score (nSPS) is 8.18. The fourth-order valence-corrected chi connectivity index (χ4v) is 0.728. The van der Waals surface area contributed by atoms with Crippen molar-refractivity contribution in [1.82, 2.24) is 0 Å². The lowest BCUT2D eigenvalue weighted by Crippen LogP contribution is -1.84. The molecule has 0 heterocycles. The second-order valence-electron chi connectivity index (χ2n) is 1.88. The minimum atomic E-state index is 0. The molecule has 62 valence electrons. The van der Waals surface area contributed by atoms with E-state index in [0.29, 0.717) is 0 Å². The largest absolute Gasteiger partial charge is 0.497 e. The lowest BCUT2D eigenvalue weighted by Gasteiger charge is -2.01. The first-order valence-corrected chi connectivity index (χ1v) is 3.05. The zero-order valence-electron chi connectivity index (χ0n) is 6.53. The zero-order valence-corrected chi connectivity index (χ0v) is 8.25. The molecule has 0 N–H and O–H groups in total. The first kappa shape index (κ1) is 10.3. The van der Waals surface area contributed by atoms with E-state index in [1.54, 1.807) is 14.2 Å². The quantitative estimate of drug-likeness (QED) is 0.759. The fourth-order valence-electron chi connectivity index (χ4n) is 0.728. The third kappa shape index (κ3) is 2.80. The van der Waals surface area contributed by atoms with E-state index in [2.05, 4.69) is 0 Å². The summed E-state index contributed by atoms with van der Waals surface area (Å²) in [6.07, 6.45) is 0. The van der Waals surface area contributed by atoms with Crippen molar-refractivity contribution in [1.29, 1.82) is 0 Å². The second-order valence-corrected chi connectivity index (χ2v) is 1.88. The highest BCUT2D eigenvalue weighted by Crippen LogP contribution is 2.17. The van der Waals surface area contributed by atoms with Crippen LogP contribution >= 0.6 is 17.0 Å². The van der Waals surface area contributed by atoms with E-state index in [9.17, 15) is 0 Å². The number of rotatable bonds is 2. The Labute approximate surface area is 76.9 Å². The Bertz CT molecular complexity index is 194. The first-order valence-electron chi connectivity index (χ1n) is 3.05. The summed E-state index contributed by atoms with van der Waals surface area (Å²) in [6.45, 7) is 0. The molecule has 11 heavy (non-hydrogen) atoms. The third-order valence-corrected chi connectivity index (χ3v) is 1.28. The van der Waals surface area contributed by atoms with Gasteiger partial charge >= 0.3 is 0 Å². The molecule has 0 saturated carbocycles. The maximum Gasteiger partial charge on any atom is 0.122 e. The average Bonchev–Trinajstić information content (AvgIpc) is 2.05. The topological polar surface area (TPSA) is 18.5 Å². The fraction of sp³-hybridized carbons (Fsp3) is 0.250. The van der Waals surface area contributed by atoms with Crippen LogP contribution in [0.15, 0.2) is 24.3 Å². The van der Waals surface area contributed by atoms with Crippen LogP contribution in [0.5, 0.6) is 11.5 Å². The van der Waals surface area contributed by atoms with Crippen LogP contribution in [0.3, 0.4) is 0 Å². The SMILES string of the molecule is Br.COc1cccc(OC)c1. The molecular weight excluding hydrogens is 208 g/mol. The van der Waals surface area contributed by atoms with Crippen molar-refractivity contribution in [3.63, 3.8) is 0 Å². The highest BCUT2D eigenvalue weighted by Gasteiger charge is 1.91. The van der Waals surface area contributed by atoms with Crippen LogP contribution in [0.4, 0.5) is 0 Å². The molecule has 0 aliphatic carbocycles. The number of hydrogen-bond donors (Lipinski definition) is 0. The van der Waals surface area contributed by atoms with Gasteiger partial charge in [0.05, 0.1) is 14.2 Å². The van der Waals surface area contributed by atoms with E-state index < -0.39 is 0 Å². The summed E-state index contributed by atoms with van der Waals surface area (Å²) in [4.78, 5) is 0. The Kier molecular flexibility index (Phi) is 4.70. The molecule has 2 nitrogen and oxygen atoms in total. The molecule has 0 spiro atoms. The smallest absolute Gasteiger partial charge is 0.122 e. The van der Waals surface area contributed by atoms with Gasteiger partial charge in [0.25, 0.3) is 0 Å². The average molecular weight is 219 g/mol. The molecule has 0 aliphatic rings. The van der Waals surface area contributed by atoms with Crippen LogP contribution in [0.25, 0.3) is 0 Å². The standard InChI is InChI=1S/C8H10O2.BrH/c1-9-7-4-3-5-8(6-7)10-2;/h3-6H,1-2H3;1H. The maximum absolute atomic E-state index is 4.98.